The Balaban J connectivity index is 0.681. The number of carbonyl (C=O) groups is 18. The number of rotatable bonds is 39. The molecule has 0 radical (unpaired) electrons. The standard InChI is InChI=1S/C87H111F3N14O23S/c1-49(106)38-94(6)72(114)40-96(8)74(116)42-98(10)76(118)44-100(12)78(120)46-102(14)80(122)47-103(15)79(121)45-101(13)77(119)43-99(11)75(117)41-97(9)73(115)39-95(7)69(111)20-17-29-125-63-36-62(104-70(112)25-26-71(104)113)61(89)32-53(63)21-24-68(110)91-50(2)81(123)92-51(3)82(124)93-54-19-16-18-52(30-54)31-56-22-23-64(128-56)83-126-67-35-57-58-34-60(88)59-33-55(107)27-28-84(59,4)86(58,90)65(108)37-85(57,5)87(67,127-83)66(109)48-105/h16,18-19,22-23,25-28,30,32-33,36,50-51,57-58,60,65,67,83,105,108H,17,20-21,24,29,31,34-35,37-48H2,1-15H3,(H,91,110)(H,92,123)(H,93,124)/t50-,51-,57-,58-,60-,65-,67+,83+,84-,85-,86-,87+/m0/s1. The van der Waals surface area contributed by atoms with Gasteiger partial charge in [-0.25, -0.2) is 18.1 Å². The number of aliphatic hydroxyl groups is 2. The van der Waals surface area contributed by atoms with Crippen molar-refractivity contribution in [1.82, 2.24) is 59.6 Å². The summed E-state index contributed by atoms with van der Waals surface area (Å²) < 4.78 is 69.2. The van der Waals surface area contributed by atoms with E-state index >= 15 is 13.2 Å². The third-order valence-corrected chi connectivity index (χ3v) is 25.7. The molecule has 128 heavy (non-hydrogen) atoms. The first-order valence-corrected chi connectivity index (χ1v) is 42.2. The number of hydrogen-bond donors (Lipinski definition) is 5. The fourth-order valence-electron chi connectivity index (χ4n) is 17.0. The molecule has 41 heteroatoms. The number of benzene rings is 2. The van der Waals surface area contributed by atoms with Crippen LogP contribution < -0.4 is 25.6 Å². The van der Waals surface area contributed by atoms with Crippen molar-refractivity contribution in [1.29, 1.82) is 0 Å². The van der Waals surface area contributed by atoms with Crippen LogP contribution in [0.25, 0.3) is 0 Å². The molecular weight excluding hydrogens is 1700 g/mol. The number of halogens is 3. The van der Waals surface area contributed by atoms with E-state index in [1.807, 2.05) is 12.1 Å². The van der Waals surface area contributed by atoms with Gasteiger partial charge >= 0.3 is 0 Å². The Morgan fingerprint density at radius 1 is 0.609 bits per heavy atom. The Kier molecular flexibility index (Phi) is 32.3. The fraction of sp³-hybridized carbons (Fsp3) is 0.540. The number of ether oxygens (including phenoxy) is 3. The molecule has 2 aromatic carbocycles. The van der Waals surface area contributed by atoms with Crippen molar-refractivity contribution < 1.29 is 124 Å². The summed E-state index contributed by atoms with van der Waals surface area (Å²) in [6.07, 6.45) is -1.08. The maximum absolute atomic E-state index is 18.0. The van der Waals surface area contributed by atoms with Crippen LogP contribution in [0.2, 0.25) is 0 Å². The molecule has 5 N–H and O–H groups in total. The summed E-state index contributed by atoms with van der Waals surface area (Å²) in [7, 11) is 13.2. The molecule has 0 bridgehead atoms. The van der Waals surface area contributed by atoms with E-state index in [4.69, 9.17) is 14.2 Å². The molecule has 3 saturated carbocycles. The quantitative estimate of drug-likeness (QED) is 0.0383. The Labute approximate surface area is 741 Å². The monoisotopic (exact) mass is 1810 g/mol. The van der Waals surface area contributed by atoms with Crippen LogP contribution in [-0.2, 0) is 109 Å². The largest absolute Gasteiger partial charge is 0.493 e. The van der Waals surface area contributed by atoms with Gasteiger partial charge in [-0.05, 0) is 125 Å². The molecule has 2 aliphatic heterocycles. The van der Waals surface area contributed by atoms with Gasteiger partial charge in [0.2, 0.25) is 76.8 Å². The number of carbonyl (C=O) groups excluding carboxylic acids is 18. The second kappa shape index (κ2) is 41.4. The number of aryl methyl sites for hydroxylation is 1. The van der Waals surface area contributed by atoms with Crippen molar-refractivity contribution in [2.45, 2.75) is 134 Å². The number of anilines is 2. The number of likely N-dealkylation sites (N-methyl/N-ethyl adjacent to an activating group) is 10. The molecular formula is C87H111F3N14O23S. The van der Waals surface area contributed by atoms with Gasteiger partial charge in [-0.1, -0.05) is 25.1 Å². The number of alkyl halides is 2. The number of imide groups is 1. The molecule has 9 rings (SSSR count). The summed E-state index contributed by atoms with van der Waals surface area (Å²) in [6.45, 7) is 1.60. The number of fused-ring (bicyclic) bond motifs is 7. The first kappa shape index (κ1) is 99.8. The molecule has 694 valence electrons. The van der Waals surface area contributed by atoms with Crippen molar-refractivity contribution in [2.75, 3.05) is 159 Å². The first-order chi connectivity index (χ1) is 60.0. The Bertz CT molecular complexity index is 4990. The van der Waals surface area contributed by atoms with Gasteiger partial charge in [-0.3, -0.25) is 86.3 Å². The van der Waals surface area contributed by atoms with E-state index in [-0.39, 0.29) is 87.3 Å². The average molecular weight is 1810 g/mol. The lowest BCUT2D eigenvalue weighted by atomic mass is 9.44. The number of allylic oxidation sites excluding steroid dienone is 4. The third kappa shape index (κ3) is 22.2. The van der Waals surface area contributed by atoms with Gasteiger partial charge in [0.05, 0.1) is 94.8 Å². The number of amides is 15. The summed E-state index contributed by atoms with van der Waals surface area (Å²) in [6, 6.07) is 10.2. The van der Waals surface area contributed by atoms with E-state index in [0.29, 0.717) is 21.9 Å². The zero-order valence-corrected chi connectivity index (χ0v) is 75.0. The minimum Gasteiger partial charge on any atom is -0.493 e. The normalized spacial score (nSPS) is 22.7. The molecule has 4 aliphatic carbocycles. The lowest BCUT2D eigenvalue weighted by Crippen LogP contribution is -2.70. The minimum absolute atomic E-state index is 0.00875. The molecule has 0 spiro atoms. The van der Waals surface area contributed by atoms with E-state index in [0.717, 1.165) is 89.8 Å². The smallest absolute Gasteiger partial charge is 0.258 e. The number of nitrogens with zero attached hydrogens (tertiary/aromatic N) is 11. The molecule has 6 aliphatic rings. The van der Waals surface area contributed by atoms with Crippen LogP contribution in [0, 0.1) is 28.5 Å². The van der Waals surface area contributed by atoms with Gasteiger partial charge in [-0.2, -0.15) is 0 Å². The molecule has 3 aromatic rings. The van der Waals surface area contributed by atoms with Crippen molar-refractivity contribution in [3.63, 3.8) is 0 Å². The topological polar surface area (TPSA) is 447 Å². The lowest BCUT2D eigenvalue weighted by molar-refractivity contribution is -0.234. The van der Waals surface area contributed by atoms with E-state index in [2.05, 4.69) is 16.0 Å². The highest BCUT2D eigenvalue weighted by atomic mass is 32.1. The average Bonchev–Trinajstić information content (AvgIpc) is 1.47. The highest BCUT2D eigenvalue weighted by molar-refractivity contribution is 7.12. The molecule has 0 unspecified atom stereocenters. The molecule has 12 atom stereocenters. The third-order valence-electron chi connectivity index (χ3n) is 24.6. The molecule has 37 nitrogen and oxygen atoms in total. The van der Waals surface area contributed by atoms with Gasteiger partial charge in [0.25, 0.3) is 11.8 Å². The van der Waals surface area contributed by atoms with Crippen LogP contribution in [0.5, 0.6) is 5.75 Å². The second-order valence-corrected chi connectivity index (χ2v) is 35.3. The van der Waals surface area contributed by atoms with Gasteiger partial charge in [0.15, 0.2) is 29.1 Å². The van der Waals surface area contributed by atoms with Gasteiger partial charge in [0, 0.05) is 135 Å². The molecule has 15 amide bonds. The molecule has 1 saturated heterocycles. The SMILES string of the molecule is CC(=O)CN(C)C(=O)CN(C)C(=O)CN(C)C(=O)CN(C)C(=O)CN(C)C(=O)CN(C)C(=O)CN(C)C(=O)CN(C)C(=O)CN(C)C(=O)CN(C)C(=O)CCCOc1cc(N2C(=O)C=CC2=O)c(F)cc1CCC(=O)N[C@@H](C)C(=O)N[C@@H](C)C(=O)Nc1cccc(Cc2ccc([C@@H]3O[C@@H]4C[C@H]5[C@@H]6C[C@H](F)C7=CC(=O)C=C[C@]7(C)[C@@]6(F)[C@@H](O)C[C@]5(C)[C@]4(C(=O)CO)O3)s2)c1. The van der Waals surface area contributed by atoms with Crippen molar-refractivity contribution in [3.8, 4) is 5.75 Å². The second-order valence-electron chi connectivity index (χ2n) is 34.1. The predicted molar refractivity (Wildman–Crippen MR) is 453 cm³/mol. The lowest BCUT2D eigenvalue weighted by Gasteiger charge is -2.63. The van der Waals surface area contributed by atoms with Crippen LogP contribution in [0.15, 0.2) is 84.5 Å². The molecule has 4 fully saturated rings. The van der Waals surface area contributed by atoms with E-state index < -0.39 is 241 Å². The van der Waals surface area contributed by atoms with Crippen molar-refractivity contribution in [3.05, 3.63) is 111 Å². The van der Waals surface area contributed by atoms with Crippen molar-refractivity contribution >= 4 is 129 Å². The highest BCUT2D eigenvalue weighted by Gasteiger charge is 2.80. The number of ketones is 3. The van der Waals surface area contributed by atoms with E-state index in [9.17, 15) is 96.5 Å². The minimum atomic E-state index is -2.42. The van der Waals surface area contributed by atoms with Crippen LogP contribution in [0.1, 0.15) is 100 Å². The Morgan fingerprint density at radius 3 is 1.59 bits per heavy atom. The van der Waals surface area contributed by atoms with E-state index in [1.54, 1.807) is 31.2 Å². The van der Waals surface area contributed by atoms with Crippen LogP contribution >= 0.6 is 11.3 Å². The highest BCUT2D eigenvalue weighted by Crippen LogP contribution is 2.73. The summed E-state index contributed by atoms with van der Waals surface area (Å²) in [5.41, 5.74) is -6.52. The number of Topliss-reactive ketones (excluding diaryl/α,β-unsaturated/α-hetero) is 2. The predicted octanol–water partition coefficient (Wildman–Crippen LogP) is 0.463. The van der Waals surface area contributed by atoms with Crippen LogP contribution in [0.4, 0.5) is 24.5 Å². The maximum atomic E-state index is 18.0. The zero-order chi connectivity index (χ0) is 94.8. The summed E-state index contributed by atoms with van der Waals surface area (Å²) in [5, 5.41) is 30.3. The summed E-state index contributed by atoms with van der Waals surface area (Å²) in [4.78, 5) is 247. The van der Waals surface area contributed by atoms with Crippen molar-refractivity contribution in [2.24, 2.45) is 22.7 Å². The van der Waals surface area contributed by atoms with Gasteiger partial charge in [0.1, 0.15) is 42.2 Å². The maximum Gasteiger partial charge on any atom is 0.258 e. The summed E-state index contributed by atoms with van der Waals surface area (Å²) in [5.74, 6) is -14.5. The number of aliphatic hydroxyl groups excluding tert-OH is 2. The van der Waals surface area contributed by atoms with Crippen LogP contribution in [-0.4, -0.2) is 356 Å². The van der Waals surface area contributed by atoms with Gasteiger partial charge < -0.3 is 89.4 Å². The number of thiophene rings is 1. The fourth-order valence-corrected chi connectivity index (χ4v) is 18.0. The van der Waals surface area contributed by atoms with Gasteiger partial charge in [-0.15, -0.1) is 11.3 Å². The number of nitrogens with one attached hydrogen (secondary N) is 3. The molecule has 1 aromatic heterocycles. The zero-order valence-electron chi connectivity index (χ0n) is 74.2. The Morgan fingerprint density at radius 2 is 1.09 bits per heavy atom. The van der Waals surface area contributed by atoms with E-state index in [1.165, 1.54) is 122 Å². The summed E-state index contributed by atoms with van der Waals surface area (Å²) >= 11 is 1.31. The molecule has 3 heterocycles. The van der Waals surface area contributed by atoms with Crippen LogP contribution in [0.3, 0.4) is 0 Å². The number of hydrogen-bond acceptors (Lipinski definition) is 24. The Hall–Kier alpha value is -12.0. The first-order valence-electron chi connectivity index (χ1n) is 41.4.